The molecule has 0 bridgehead atoms. The maximum atomic E-state index is 6.01. The van der Waals surface area contributed by atoms with Crippen LogP contribution in [0.4, 0.5) is 0 Å². The molecule has 102 valence electrons. The fraction of sp³-hybridized carbons (Fsp3) is 0.308. The van der Waals surface area contributed by atoms with E-state index in [0.29, 0.717) is 28.3 Å². The first-order valence-electron chi connectivity index (χ1n) is 5.76. The lowest BCUT2D eigenvalue weighted by Crippen LogP contribution is -2.00. The van der Waals surface area contributed by atoms with Crippen molar-refractivity contribution in [2.45, 2.75) is 18.7 Å². The smallest absolute Gasteiger partial charge is 0.156 e. The van der Waals surface area contributed by atoms with Gasteiger partial charge in [-0.2, -0.15) is 0 Å². The summed E-state index contributed by atoms with van der Waals surface area (Å²) >= 11 is 19.4. The van der Waals surface area contributed by atoms with E-state index >= 15 is 0 Å². The van der Waals surface area contributed by atoms with Crippen LogP contribution in [0.1, 0.15) is 17.1 Å². The first kappa shape index (κ1) is 14.9. The van der Waals surface area contributed by atoms with Gasteiger partial charge in [0.1, 0.15) is 0 Å². The summed E-state index contributed by atoms with van der Waals surface area (Å²) in [6, 6.07) is 5.31. The lowest BCUT2D eigenvalue weighted by atomic mass is 10.3. The number of thiazole rings is 1. The zero-order valence-corrected chi connectivity index (χ0v) is 13.1. The van der Waals surface area contributed by atoms with Crippen molar-refractivity contribution in [1.82, 2.24) is 4.98 Å². The van der Waals surface area contributed by atoms with Gasteiger partial charge in [-0.3, -0.25) is 0 Å². The minimum absolute atomic E-state index is 0.461. The lowest BCUT2D eigenvalue weighted by Gasteiger charge is -2.08. The van der Waals surface area contributed by atoms with Crippen molar-refractivity contribution in [3.63, 3.8) is 0 Å². The quantitative estimate of drug-likeness (QED) is 0.534. The minimum atomic E-state index is 0.461. The molecule has 0 radical (unpaired) electrons. The summed E-state index contributed by atoms with van der Waals surface area (Å²) in [4.78, 5) is 4.39. The molecule has 6 heteroatoms. The van der Waals surface area contributed by atoms with Crippen LogP contribution in [-0.2, 0) is 12.3 Å². The maximum Gasteiger partial charge on any atom is 0.156 e. The summed E-state index contributed by atoms with van der Waals surface area (Å²) in [5.74, 6) is 1.01. The summed E-state index contributed by atoms with van der Waals surface area (Å²) < 4.78 is 5.61. The van der Waals surface area contributed by atoms with Gasteiger partial charge in [0.15, 0.2) is 5.75 Å². The molecular formula is C13H12Cl3NOS. The largest absolute Gasteiger partial charge is 0.490 e. The normalized spacial score (nSPS) is 10.7. The topological polar surface area (TPSA) is 22.1 Å². The second-order valence-corrected chi connectivity index (χ2v) is 5.89. The third-order valence-corrected chi connectivity index (χ3v) is 4.26. The van der Waals surface area contributed by atoms with Gasteiger partial charge in [0.2, 0.25) is 0 Å². The van der Waals surface area contributed by atoms with Gasteiger partial charge in [0.05, 0.1) is 33.2 Å². The number of halogens is 3. The third kappa shape index (κ3) is 4.25. The van der Waals surface area contributed by atoms with Crippen LogP contribution in [0.2, 0.25) is 10.0 Å². The van der Waals surface area contributed by atoms with E-state index in [0.717, 1.165) is 23.5 Å². The van der Waals surface area contributed by atoms with Crippen molar-refractivity contribution in [2.75, 3.05) is 6.61 Å². The van der Waals surface area contributed by atoms with Crippen LogP contribution >= 0.6 is 46.1 Å². The summed E-state index contributed by atoms with van der Waals surface area (Å²) in [7, 11) is 0. The molecule has 0 saturated heterocycles. The van der Waals surface area contributed by atoms with E-state index in [1.165, 1.54) is 0 Å². The highest BCUT2D eigenvalue weighted by Gasteiger charge is 2.06. The predicted molar refractivity (Wildman–Crippen MR) is 81.9 cm³/mol. The highest BCUT2D eigenvalue weighted by molar-refractivity contribution is 7.09. The van der Waals surface area contributed by atoms with Crippen molar-refractivity contribution in [3.05, 3.63) is 44.3 Å². The first-order valence-corrected chi connectivity index (χ1v) is 7.93. The van der Waals surface area contributed by atoms with Crippen molar-refractivity contribution < 1.29 is 4.74 Å². The van der Waals surface area contributed by atoms with Crippen LogP contribution < -0.4 is 4.74 Å². The van der Waals surface area contributed by atoms with Crippen LogP contribution in [0.25, 0.3) is 0 Å². The molecule has 2 rings (SSSR count). The molecule has 1 aromatic heterocycles. The Bertz CT molecular complexity index is 524. The lowest BCUT2D eigenvalue weighted by molar-refractivity contribution is 0.311. The zero-order valence-electron chi connectivity index (χ0n) is 10.0. The van der Waals surface area contributed by atoms with Crippen LogP contribution in [0.3, 0.4) is 0 Å². The standard InChI is InChI=1S/C13H12Cl3NOS/c14-7-9-8-19-12(17-9)5-2-6-18-13-10(15)3-1-4-11(13)16/h1,3-4,8H,2,5-7H2. The minimum Gasteiger partial charge on any atom is -0.490 e. The summed E-state index contributed by atoms with van der Waals surface area (Å²) in [5, 5.41) is 4.12. The van der Waals surface area contributed by atoms with Crippen LogP contribution in [0.5, 0.6) is 5.75 Å². The average molecular weight is 337 g/mol. The van der Waals surface area contributed by atoms with Gasteiger partial charge in [-0.25, -0.2) is 4.98 Å². The monoisotopic (exact) mass is 335 g/mol. The number of aryl methyl sites for hydroxylation is 1. The molecule has 0 N–H and O–H groups in total. The fourth-order valence-electron chi connectivity index (χ4n) is 1.54. The molecule has 2 aromatic rings. The molecule has 0 fully saturated rings. The summed E-state index contributed by atoms with van der Waals surface area (Å²) in [6.45, 7) is 0.555. The van der Waals surface area contributed by atoms with Crippen molar-refractivity contribution in [2.24, 2.45) is 0 Å². The number of hydrogen-bond donors (Lipinski definition) is 0. The predicted octanol–water partition coefficient (Wildman–Crippen LogP) is 5.20. The molecule has 0 aliphatic carbocycles. The van der Waals surface area contributed by atoms with Gasteiger partial charge in [-0.1, -0.05) is 29.3 Å². The van der Waals surface area contributed by atoms with Crippen LogP contribution in [0, 0.1) is 0 Å². The fourth-order valence-corrected chi connectivity index (χ4v) is 3.12. The summed E-state index contributed by atoms with van der Waals surface area (Å²) in [6.07, 6.45) is 1.72. The average Bonchev–Trinajstić information content (AvgIpc) is 2.85. The molecular weight excluding hydrogens is 325 g/mol. The van der Waals surface area contributed by atoms with E-state index in [-0.39, 0.29) is 0 Å². The molecule has 0 spiro atoms. The zero-order chi connectivity index (χ0) is 13.7. The Morgan fingerprint density at radius 2 is 1.95 bits per heavy atom. The maximum absolute atomic E-state index is 6.01. The third-order valence-electron chi connectivity index (χ3n) is 2.44. The van der Waals surface area contributed by atoms with Gasteiger partial charge in [0.25, 0.3) is 0 Å². The molecule has 19 heavy (non-hydrogen) atoms. The Hall–Kier alpha value is -0.480. The second kappa shape index (κ2) is 7.34. The number of benzene rings is 1. The van der Waals surface area contributed by atoms with E-state index in [4.69, 9.17) is 39.5 Å². The number of hydrogen-bond acceptors (Lipinski definition) is 3. The van der Waals surface area contributed by atoms with E-state index in [2.05, 4.69) is 4.98 Å². The number of ether oxygens (including phenoxy) is 1. The molecule has 0 unspecified atom stereocenters. The molecule has 0 amide bonds. The number of para-hydroxylation sites is 1. The van der Waals surface area contributed by atoms with Gasteiger partial charge in [-0.15, -0.1) is 22.9 Å². The Labute approximate surface area is 131 Å². The van der Waals surface area contributed by atoms with E-state index in [1.54, 1.807) is 29.5 Å². The molecule has 0 aliphatic heterocycles. The number of alkyl halides is 1. The van der Waals surface area contributed by atoms with Crippen molar-refractivity contribution in [3.8, 4) is 5.75 Å². The first-order chi connectivity index (χ1) is 9.20. The molecule has 2 nitrogen and oxygen atoms in total. The van der Waals surface area contributed by atoms with Gasteiger partial charge in [-0.05, 0) is 18.6 Å². The number of rotatable bonds is 6. The Kier molecular flexibility index (Phi) is 5.76. The van der Waals surface area contributed by atoms with Crippen molar-refractivity contribution in [1.29, 1.82) is 0 Å². The SMILES string of the molecule is ClCc1csc(CCCOc2c(Cl)cccc2Cl)n1. The van der Waals surface area contributed by atoms with Crippen molar-refractivity contribution >= 4 is 46.1 Å². The number of nitrogens with zero attached hydrogens (tertiary/aromatic N) is 1. The van der Waals surface area contributed by atoms with E-state index in [1.807, 2.05) is 5.38 Å². The highest BCUT2D eigenvalue weighted by atomic mass is 35.5. The molecule has 0 atom stereocenters. The Morgan fingerprint density at radius 3 is 2.58 bits per heavy atom. The van der Waals surface area contributed by atoms with E-state index in [9.17, 15) is 0 Å². The van der Waals surface area contributed by atoms with Gasteiger partial charge < -0.3 is 4.74 Å². The van der Waals surface area contributed by atoms with Gasteiger partial charge in [0, 0.05) is 11.8 Å². The molecule has 1 heterocycles. The molecule has 0 saturated carbocycles. The van der Waals surface area contributed by atoms with Crippen LogP contribution in [-0.4, -0.2) is 11.6 Å². The molecule has 1 aromatic carbocycles. The second-order valence-electron chi connectivity index (χ2n) is 3.87. The molecule has 0 aliphatic rings. The van der Waals surface area contributed by atoms with Gasteiger partial charge >= 0.3 is 0 Å². The van der Waals surface area contributed by atoms with Crippen LogP contribution in [0.15, 0.2) is 23.6 Å². The summed E-state index contributed by atoms with van der Waals surface area (Å²) in [5.41, 5.74) is 0.928. The highest BCUT2D eigenvalue weighted by Crippen LogP contribution is 2.32. The van der Waals surface area contributed by atoms with E-state index < -0.39 is 0 Å². The Balaban J connectivity index is 1.80. The number of aromatic nitrogens is 1. The Morgan fingerprint density at radius 1 is 1.21 bits per heavy atom.